The lowest BCUT2D eigenvalue weighted by atomic mass is 9.97. The molecule has 2 aromatic rings. The van der Waals surface area contributed by atoms with Crippen LogP contribution >= 0.6 is 0 Å². The molecule has 3 nitrogen and oxygen atoms in total. The lowest BCUT2D eigenvalue weighted by Gasteiger charge is -2.12. The number of rotatable bonds is 3. The maximum Gasteiger partial charge on any atom is 0.243 e. The number of sulfonamides is 1. The molecule has 1 saturated heterocycles. The summed E-state index contributed by atoms with van der Waals surface area (Å²) < 4.78 is 27.0. The van der Waals surface area contributed by atoms with Gasteiger partial charge in [-0.15, -0.1) is 0 Å². The highest BCUT2D eigenvalue weighted by Crippen LogP contribution is 2.43. The van der Waals surface area contributed by atoms with Crippen LogP contribution in [0.4, 0.5) is 0 Å². The molecule has 0 aliphatic carbocycles. The summed E-state index contributed by atoms with van der Waals surface area (Å²) in [7, 11) is -3.39. The Morgan fingerprint density at radius 1 is 0.909 bits per heavy atom. The van der Waals surface area contributed by atoms with E-state index in [1.165, 1.54) is 16.7 Å². The summed E-state index contributed by atoms with van der Waals surface area (Å²) in [6.07, 6.45) is 0. The van der Waals surface area contributed by atoms with Crippen LogP contribution in [0.15, 0.2) is 41.3 Å². The van der Waals surface area contributed by atoms with Gasteiger partial charge in [-0.3, -0.25) is 0 Å². The van der Waals surface area contributed by atoms with Crippen LogP contribution in [-0.4, -0.2) is 19.3 Å². The molecule has 22 heavy (non-hydrogen) atoms. The van der Waals surface area contributed by atoms with E-state index in [2.05, 4.69) is 32.9 Å². The van der Waals surface area contributed by atoms with Gasteiger partial charge in [-0.2, -0.15) is 4.31 Å². The van der Waals surface area contributed by atoms with E-state index in [0.29, 0.717) is 11.4 Å². The van der Waals surface area contributed by atoms with Gasteiger partial charge < -0.3 is 0 Å². The molecular formula is C18H21NO2S. The van der Waals surface area contributed by atoms with E-state index in [9.17, 15) is 8.42 Å². The van der Waals surface area contributed by atoms with E-state index >= 15 is 0 Å². The van der Waals surface area contributed by atoms with Gasteiger partial charge in [0.1, 0.15) is 0 Å². The zero-order valence-corrected chi connectivity index (χ0v) is 14.2. The lowest BCUT2D eigenvalue weighted by Crippen LogP contribution is -2.13. The first-order valence-corrected chi connectivity index (χ1v) is 8.91. The van der Waals surface area contributed by atoms with Crippen LogP contribution in [0.25, 0.3) is 0 Å². The van der Waals surface area contributed by atoms with Gasteiger partial charge in [0.05, 0.1) is 10.9 Å². The second-order valence-corrected chi connectivity index (χ2v) is 8.11. The van der Waals surface area contributed by atoms with Crippen LogP contribution in [0, 0.1) is 27.7 Å². The fraction of sp³-hybridized carbons (Fsp3) is 0.333. The number of benzene rings is 2. The van der Waals surface area contributed by atoms with Crippen LogP contribution in [0.5, 0.6) is 0 Å². The highest BCUT2D eigenvalue weighted by molar-refractivity contribution is 7.89. The molecule has 3 rings (SSSR count). The number of hydrogen-bond acceptors (Lipinski definition) is 2. The molecular weight excluding hydrogens is 294 g/mol. The molecule has 1 fully saturated rings. The minimum Gasteiger partial charge on any atom is -0.207 e. The molecule has 0 spiro atoms. The molecule has 2 aromatic carbocycles. The fourth-order valence-electron chi connectivity index (χ4n) is 3.19. The Balaban J connectivity index is 1.93. The first-order chi connectivity index (χ1) is 10.3. The van der Waals surface area contributed by atoms with E-state index in [4.69, 9.17) is 0 Å². The summed E-state index contributed by atoms with van der Waals surface area (Å²) in [6.45, 7) is 8.71. The van der Waals surface area contributed by atoms with Gasteiger partial charge in [0.2, 0.25) is 10.0 Å². The van der Waals surface area contributed by atoms with Crippen LogP contribution < -0.4 is 0 Å². The van der Waals surface area contributed by atoms with E-state index in [0.717, 1.165) is 11.1 Å². The fourth-order valence-corrected chi connectivity index (χ4v) is 4.72. The second kappa shape index (κ2) is 5.21. The van der Waals surface area contributed by atoms with Crippen LogP contribution in [0.3, 0.4) is 0 Å². The third-order valence-corrected chi connectivity index (χ3v) is 6.15. The lowest BCUT2D eigenvalue weighted by molar-refractivity contribution is 0.554. The van der Waals surface area contributed by atoms with Crippen molar-refractivity contribution in [3.05, 3.63) is 64.2 Å². The monoisotopic (exact) mass is 315 g/mol. The largest absolute Gasteiger partial charge is 0.243 e. The number of nitrogens with zero attached hydrogens (tertiary/aromatic N) is 1. The predicted octanol–water partition coefficient (Wildman–Crippen LogP) is 3.67. The average molecular weight is 315 g/mol. The van der Waals surface area contributed by atoms with Crippen LogP contribution in [-0.2, 0) is 10.0 Å². The smallest absolute Gasteiger partial charge is 0.207 e. The van der Waals surface area contributed by atoms with Crippen LogP contribution in [0.1, 0.15) is 33.9 Å². The third-order valence-electron chi connectivity index (χ3n) is 4.27. The quantitative estimate of drug-likeness (QED) is 0.811. The molecule has 1 aliphatic heterocycles. The molecule has 0 radical (unpaired) electrons. The normalized spacial score (nSPS) is 20.9. The molecule has 1 unspecified atom stereocenters. The molecule has 0 bridgehead atoms. The molecule has 4 heteroatoms. The molecule has 0 amide bonds. The van der Waals surface area contributed by atoms with Crippen molar-refractivity contribution >= 4 is 10.0 Å². The topological polar surface area (TPSA) is 37.1 Å². The summed E-state index contributed by atoms with van der Waals surface area (Å²) >= 11 is 0. The van der Waals surface area contributed by atoms with Crippen molar-refractivity contribution in [2.75, 3.05) is 6.54 Å². The highest BCUT2D eigenvalue weighted by atomic mass is 32.2. The minimum atomic E-state index is -3.39. The van der Waals surface area contributed by atoms with E-state index in [1.807, 2.05) is 19.1 Å². The van der Waals surface area contributed by atoms with Crippen molar-refractivity contribution in [2.45, 2.75) is 38.6 Å². The standard InChI is InChI=1S/C18H21NO2S/c1-12-5-7-16(8-6-12)22(20,21)19-11-17(19)18-14(3)9-13(2)10-15(18)4/h5-10,17H,11H2,1-4H3/t17-,19?/m0/s1. The Kier molecular flexibility index (Phi) is 3.62. The van der Waals surface area contributed by atoms with Crippen LogP contribution in [0.2, 0.25) is 0 Å². The summed E-state index contributed by atoms with van der Waals surface area (Å²) in [5, 5.41) is 0. The van der Waals surface area contributed by atoms with Gasteiger partial charge in [0.15, 0.2) is 0 Å². The Labute approximate surface area is 132 Å². The average Bonchev–Trinajstić information content (AvgIpc) is 3.19. The van der Waals surface area contributed by atoms with Crippen molar-refractivity contribution < 1.29 is 8.42 Å². The van der Waals surface area contributed by atoms with Crippen molar-refractivity contribution in [3.8, 4) is 0 Å². The van der Waals surface area contributed by atoms with Crippen molar-refractivity contribution in [1.29, 1.82) is 0 Å². The molecule has 0 aromatic heterocycles. The molecule has 1 aliphatic rings. The van der Waals surface area contributed by atoms with Gasteiger partial charge in [-0.1, -0.05) is 35.4 Å². The first-order valence-electron chi connectivity index (χ1n) is 7.47. The van der Waals surface area contributed by atoms with Gasteiger partial charge >= 0.3 is 0 Å². The third kappa shape index (κ3) is 2.57. The Hall–Kier alpha value is -1.65. The summed E-state index contributed by atoms with van der Waals surface area (Å²) in [4.78, 5) is 0.378. The first kappa shape index (κ1) is 15.3. The van der Waals surface area contributed by atoms with E-state index in [1.54, 1.807) is 16.4 Å². The summed E-state index contributed by atoms with van der Waals surface area (Å²) in [5.41, 5.74) is 5.77. The van der Waals surface area contributed by atoms with Gasteiger partial charge in [-0.25, -0.2) is 8.42 Å². The Bertz CT molecular complexity index is 800. The van der Waals surface area contributed by atoms with E-state index in [-0.39, 0.29) is 6.04 Å². The Morgan fingerprint density at radius 2 is 1.45 bits per heavy atom. The zero-order valence-electron chi connectivity index (χ0n) is 13.4. The highest BCUT2D eigenvalue weighted by Gasteiger charge is 2.46. The summed E-state index contributed by atoms with van der Waals surface area (Å²) in [5.74, 6) is 0. The van der Waals surface area contributed by atoms with Gasteiger partial charge in [0.25, 0.3) is 0 Å². The molecule has 0 saturated carbocycles. The number of aryl methyl sites for hydroxylation is 4. The second-order valence-electron chi connectivity index (χ2n) is 6.22. The van der Waals surface area contributed by atoms with Crippen molar-refractivity contribution in [2.24, 2.45) is 0 Å². The zero-order chi connectivity index (χ0) is 16.1. The molecule has 0 N–H and O–H groups in total. The van der Waals surface area contributed by atoms with Crippen molar-refractivity contribution in [3.63, 3.8) is 0 Å². The minimum absolute atomic E-state index is 0.0214. The maximum atomic E-state index is 12.7. The van der Waals surface area contributed by atoms with Crippen molar-refractivity contribution in [1.82, 2.24) is 4.31 Å². The van der Waals surface area contributed by atoms with E-state index < -0.39 is 10.0 Å². The molecule has 2 atom stereocenters. The summed E-state index contributed by atoms with van der Waals surface area (Å²) in [6, 6.07) is 11.3. The molecule has 1 heterocycles. The van der Waals surface area contributed by atoms with Gasteiger partial charge in [0, 0.05) is 6.54 Å². The Morgan fingerprint density at radius 3 is 2.00 bits per heavy atom. The number of hydrogen-bond donors (Lipinski definition) is 0. The maximum absolute atomic E-state index is 12.7. The van der Waals surface area contributed by atoms with Gasteiger partial charge in [-0.05, 0) is 56.5 Å². The predicted molar refractivity (Wildman–Crippen MR) is 88.5 cm³/mol. The molecule has 116 valence electrons. The SMILES string of the molecule is Cc1ccc(S(=O)(=O)N2C[C@H]2c2c(C)cc(C)cc2C)cc1.